The van der Waals surface area contributed by atoms with E-state index in [0.717, 1.165) is 5.39 Å². The topological polar surface area (TPSA) is 70.2 Å². The molecule has 0 aliphatic heterocycles. The number of ether oxygens (including phenoxy) is 1. The lowest BCUT2D eigenvalue weighted by Gasteiger charge is -2.09. The number of alkyl halides is 1. The summed E-state index contributed by atoms with van der Waals surface area (Å²) >= 11 is 5.81. The average Bonchev–Trinajstić information content (AvgIpc) is 3.16. The van der Waals surface area contributed by atoms with Gasteiger partial charge in [-0.05, 0) is 31.2 Å². The summed E-state index contributed by atoms with van der Waals surface area (Å²) < 4.78 is 11.9. The third kappa shape index (κ3) is 2.85. The number of imidazole rings is 1. The van der Waals surface area contributed by atoms with Gasteiger partial charge in [-0.2, -0.15) is 0 Å². The molecule has 2 heterocycles. The first kappa shape index (κ1) is 15.7. The van der Waals surface area contributed by atoms with Gasteiger partial charge in [0.2, 0.25) is 0 Å². The minimum atomic E-state index is -0.741. The monoisotopic (exact) mass is 355 g/mol. The number of halogens is 1. The van der Waals surface area contributed by atoms with Gasteiger partial charge in [0, 0.05) is 5.39 Å². The Kier molecular flexibility index (Phi) is 3.89. The molecule has 0 radical (unpaired) electrons. The second kappa shape index (κ2) is 6.22. The number of hydrogen-bond donors (Lipinski definition) is 0. The Morgan fingerprint density at radius 3 is 2.84 bits per heavy atom. The Bertz CT molecular complexity index is 1070. The molecule has 0 aliphatic rings. The van der Waals surface area contributed by atoms with Crippen LogP contribution in [0.25, 0.3) is 22.0 Å². The smallest absolute Gasteiger partial charge is 0.421 e. The number of rotatable bonds is 3. The molecular weight excluding hydrogens is 342 g/mol. The van der Waals surface area contributed by atoms with Gasteiger partial charge < -0.3 is 9.26 Å². The highest BCUT2D eigenvalue weighted by molar-refractivity contribution is 6.20. The summed E-state index contributed by atoms with van der Waals surface area (Å²) in [5, 5.41) is 5.00. The van der Waals surface area contributed by atoms with Crippen LogP contribution in [0.4, 0.5) is 4.79 Å². The van der Waals surface area contributed by atoms with Crippen molar-refractivity contribution < 1.29 is 14.1 Å². The van der Waals surface area contributed by atoms with E-state index in [4.69, 9.17) is 20.9 Å². The number of benzene rings is 2. The molecule has 0 fully saturated rings. The van der Waals surface area contributed by atoms with Gasteiger partial charge in [-0.1, -0.05) is 41.0 Å². The lowest BCUT2D eigenvalue weighted by Crippen LogP contribution is -2.19. The molecule has 1 unspecified atom stereocenters. The van der Waals surface area contributed by atoms with Crippen LogP contribution < -0.4 is 0 Å². The number of fused-ring (bicyclic) bond motifs is 2. The number of hydrogen-bond acceptors (Lipinski definition) is 5. The van der Waals surface area contributed by atoms with Crippen LogP contribution in [0.3, 0.4) is 0 Å². The van der Waals surface area contributed by atoms with E-state index in [1.54, 1.807) is 6.92 Å². The first-order valence-electron chi connectivity index (χ1n) is 7.78. The van der Waals surface area contributed by atoms with Gasteiger partial charge in [0.05, 0.1) is 23.1 Å². The standard InChI is InChI=1S/C18H14ClN3O3/c1-11(19)24-18(23)22-15-8-4-3-7-13(15)20-17(22)10-14-12-6-2-5-9-16(12)25-21-14/h2-9,11H,10H2,1H3. The molecule has 0 amide bonds. The molecule has 0 bridgehead atoms. The third-order valence-electron chi connectivity index (χ3n) is 3.85. The average molecular weight is 356 g/mol. The van der Waals surface area contributed by atoms with Gasteiger partial charge in [0.1, 0.15) is 5.82 Å². The normalized spacial score (nSPS) is 12.6. The predicted molar refractivity (Wildman–Crippen MR) is 93.7 cm³/mol. The summed E-state index contributed by atoms with van der Waals surface area (Å²) in [5.74, 6) is 0.516. The number of carbonyl (C=O) groups is 1. The molecule has 2 aromatic heterocycles. The molecule has 0 saturated heterocycles. The van der Waals surface area contributed by atoms with Crippen molar-refractivity contribution in [3.8, 4) is 0 Å². The second-order valence-corrected chi connectivity index (χ2v) is 6.20. The highest BCUT2D eigenvalue weighted by Crippen LogP contribution is 2.23. The van der Waals surface area contributed by atoms with Crippen molar-refractivity contribution in [2.45, 2.75) is 18.9 Å². The van der Waals surface area contributed by atoms with Crippen LogP contribution in [0.2, 0.25) is 0 Å². The predicted octanol–water partition coefficient (Wildman–Crippen LogP) is 4.34. The zero-order valence-electron chi connectivity index (χ0n) is 13.3. The molecule has 126 valence electrons. The second-order valence-electron chi connectivity index (χ2n) is 5.58. The number of nitrogens with zero attached hydrogens (tertiary/aromatic N) is 3. The molecule has 4 rings (SSSR count). The van der Waals surface area contributed by atoms with Crippen LogP contribution >= 0.6 is 11.6 Å². The number of para-hydroxylation sites is 3. The quantitative estimate of drug-likeness (QED) is 0.511. The Hall–Kier alpha value is -2.86. The highest BCUT2D eigenvalue weighted by Gasteiger charge is 2.21. The van der Waals surface area contributed by atoms with Crippen molar-refractivity contribution in [1.29, 1.82) is 0 Å². The summed E-state index contributed by atoms with van der Waals surface area (Å²) in [6.07, 6.45) is -0.240. The first-order chi connectivity index (χ1) is 12.1. The zero-order chi connectivity index (χ0) is 17.4. The van der Waals surface area contributed by atoms with Crippen molar-refractivity contribution in [2.75, 3.05) is 0 Å². The molecule has 0 spiro atoms. The summed E-state index contributed by atoms with van der Waals surface area (Å²) in [5.41, 5.74) is 2.02. The first-order valence-corrected chi connectivity index (χ1v) is 8.22. The lowest BCUT2D eigenvalue weighted by atomic mass is 10.1. The fraction of sp³-hybridized carbons (Fsp3) is 0.167. The third-order valence-corrected chi connectivity index (χ3v) is 3.94. The number of carbonyl (C=O) groups excluding carboxylic acids is 1. The van der Waals surface area contributed by atoms with Crippen molar-refractivity contribution in [1.82, 2.24) is 14.7 Å². The maximum Gasteiger partial charge on any atom is 0.421 e. The molecule has 0 N–H and O–H groups in total. The largest absolute Gasteiger partial charge is 0.429 e. The summed E-state index contributed by atoms with van der Waals surface area (Å²) in [4.78, 5) is 17.1. The minimum absolute atomic E-state index is 0.331. The van der Waals surface area contributed by atoms with Crippen LogP contribution in [0.1, 0.15) is 18.4 Å². The van der Waals surface area contributed by atoms with Gasteiger partial charge in [-0.25, -0.2) is 14.3 Å². The maximum absolute atomic E-state index is 12.5. The SMILES string of the molecule is CC(Cl)OC(=O)n1c(Cc2noc3ccccc23)nc2ccccc21. The zero-order valence-corrected chi connectivity index (χ0v) is 14.1. The molecule has 0 saturated carbocycles. The van der Waals surface area contributed by atoms with Crippen molar-refractivity contribution in [3.05, 3.63) is 60.0 Å². The van der Waals surface area contributed by atoms with E-state index in [1.807, 2.05) is 48.5 Å². The van der Waals surface area contributed by atoms with Crippen LogP contribution in [0.15, 0.2) is 53.1 Å². The van der Waals surface area contributed by atoms with Crippen molar-refractivity contribution >= 4 is 39.7 Å². The van der Waals surface area contributed by atoms with Crippen LogP contribution in [-0.4, -0.2) is 26.4 Å². The van der Waals surface area contributed by atoms with Gasteiger partial charge in [-0.3, -0.25) is 0 Å². The molecule has 6 nitrogen and oxygen atoms in total. The van der Waals surface area contributed by atoms with Crippen molar-refractivity contribution in [3.63, 3.8) is 0 Å². The fourth-order valence-electron chi connectivity index (χ4n) is 2.81. The fourth-order valence-corrected chi connectivity index (χ4v) is 2.88. The Labute approximate surface area is 147 Å². The summed E-state index contributed by atoms with van der Waals surface area (Å²) in [7, 11) is 0. The maximum atomic E-state index is 12.5. The molecule has 7 heteroatoms. The molecule has 0 aliphatic carbocycles. The van der Waals surface area contributed by atoms with Crippen molar-refractivity contribution in [2.24, 2.45) is 0 Å². The van der Waals surface area contributed by atoms with Gasteiger partial charge in [0.15, 0.2) is 11.1 Å². The van der Waals surface area contributed by atoms with E-state index in [9.17, 15) is 4.79 Å². The van der Waals surface area contributed by atoms with Crippen LogP contribution in [-0.2, 0) is 11.2 Å². The minimum Gasteiger partial charge on any atom is -0.429 e. The van der Waals surface area contributed by atoms with Crippen LogP contribution in [0, 0.1) is 0 Å². The lowest BCUT2D eigenvalue weighted by molar-refractivity contribution is 0.141. The molecule has 2 aromatic carbocycles. The van der Waals surface area contributed by atoms with Crippen LogP contribution in [0.5, 0.6) is 0 Å². The Balaban J connectivity index is 1.82. The van der Waals surface area contributed by atoms with Gasteiger partial charge >= 0.3 is 6.09 Å². The van der Waals surface area contributed by atoms with Gasteiger partial charge in [-0.15, -0.1) is 0 Å². The van der Waals surface area contributed by atoms with E-state index in [-0.39, 0.29) is 0 Å². The summed E-state index contributed by atoms with van der Waals surface area (Å²) in [6.45, 7) is 1.59. The van der Waals surface area contributed by atoms with E-state index in [1.165, 1.54) is 4.57 Å². The summed E-state index contributed by atoms with van der Waals surface area (Å²) in [6, 6.07) is 14.9. The van der Waals surface area contributed by atoms with E-state index in [2.05, 4.69) is 10.1 Å². The Morgan fingerprint density at radius 1 is 1.24 bits per heavy atom. The molecule has 25 heavy (non-hydrogen) atoms. The van der Waals surface area contributed by atoms with E-state index < -0.39 is 11.7 Å². The Morgan fingerprint density at radius 2 is 2.00 bits per heavy atom. The highest BCUT2D eigenvalue weighted by atomic mass is 35.5. The van der Waals surface area contributed by atoms with E-state index >= 15 is 0 Å². The number of aromatic nitrogens is 3. The molecule has 1 atom stereocenters. The molecule has 4 aromatic rings. The van der Waals surface area contributed by atoms with E-state index in [0.29, 0.717) is 34.6 Å². The molecular formula is C18H14ClN3O3. The van der Waals surface area contributed by atoms with Gasteiger partial charge in [0.25, 0.3) is 0 Å².